The van der Waals surface area contributed by atoms with Crippen molar-refractivity contribution >= 4 is 11.9 Å². The number of carbonyl (C=O) groups excluding carboxylic acids is 1. The van der Waals surface area contributed by atoms with E-state index in [1.807, 2.05) is 0 Å². The van der Waals surface area contributed by atoms with Crippen molar-refractivity contribution in [3.63, 3.8) is 0 Å². The number of benzene rings is 1. The van der Waals surface area contributed by atoms with Gasteiger partial charge < -0.3 is 10.8 Å². The summed E-state index contributed by atoms with van der Waals surface area (Å²) in [5, 5.41) is 19.4. The number of hydrogen-bond acceptors (Lipinski definition) is 6. The van der Waals surface area contributed by atoms with E-state index in [9.17, 15) is 9.90 Å². The maximum Gasteiger partial charge on any atom is 0.249 e. The Morgan fingerprint density at radius 3 is 2.52 bits per heavy atom. The molecule has 0 aliphatic rings. The Bertz CT molecular complexity index is 642. The summed E-state index contributed by atoms with van der Waals surface area (Å²) in [5.41, 5.74) is 8.12. The Morgan fingerprint density at radius 1 is 1.24 bits per heavy atom. The molecule has 2 rings (SSSR count). The van der Waals surface area contributed by atoms with Crippen LogP contribution in [0.15, 0.2) is 24.3 Å². The van der Waals surface area contributed by atoms with Crippen LogP contribution in [0.4, 0.5) is 5.95 Å². The summed E-state index contributed by atoms with van der Waals surface area (Å²) in [4.78, 5) is 16.1. The molecule has 7 heteroatoms. The molecule has 0 bridgehead atoms. The van der Waals surface area contributed by atoms with E-state index in [2.05, 4.69) is 20.5 Å². The quantitative estimate of drug-likeness (QED) is 0.762. The maximum absolute atomic E-state index is 12.0. The summed E-state index contributed by atoms with van der Waals surface area (Å²) in [6.45, 7) is 3.58. The third-order valence-corrected chi connectivity index (χ3v) is 3.06. The summed E-state index contributed by atoms with van der Waals surface area (Å²) in [7, 11) is 0. The van der Waals surface area contributed by atoms with E-state index in [4.69, 9.17) is 5.73 Å². The molecule has 0 aliphatic carbocycles. The molecule has 0 saturated carbocycles. The second-order valence-electron chi connectivity index (χ2n) is 4.77. The number of aryl methyl sites for hydroxylation is 2. The molecular formula is C14H17N5O2. The van der Waals surface area contributed by atoms with Gasteiger partial charge in [-0.05, 0) is 38.0 Å². The molecule has 1 heterocycles. The number of carbonyl (C=O) groups is 1. The van der Waals surface area contributed by atoms with Gasteiger partial charge in [-0.1, -0.05) is 12.1 Å². The van der Waals surface area contributed by atoms with Gasteiger partial charge in [0.15, 0.2) is 0 Å². The molecule has 7 nitrogen and oxygen atoms in total. The number of nitrogens with one attached hydrogen (secondary N) is 1. The SMILES string of the molecule is Cc1nnc(NC(=O)C(N)Cc2ccc(O)cc2)nc1C. The van der Waals surface area contributed by atoms with E-state index in [-0.39, 0.29) is 17.6 Å². The summed E-state index contributed by atoms with van der Waals surface area (Å²) < 4.78 is 0. The van der Waals surface area contributed by atoms with E-state index >= 15 is 0 Å². The van der Waals surface area contributed by atoms with Gasteiger partial charge in [-0.25, -0.2) is 4.98 Å². The minimum absolute atomic E-state index is 0.143. The first-order valence-corrected chi connectivity index (χ1v) is 6.48. The van der Waals surface area contributed by atoms with Gasteiger partial charge in [-0.3, -0.25) is 10.1 Å². The van der Waals surface area contributed by atoms with Crippen molar-refractivity contribution < 1.29 is 9.90 Å². The van der Waals surface area contributed by atoms with Gasteiger partial charge in [0.1, 0.15) is 5.75 Å². The number of nitrogens with zero attached hydrogens (tertiary/aromatic N) is 3. The van der Waals surface area contributed by atoms with E-state index in [0.717, 1.165) is 5.56 Å². The van der Waals surface area contributed by atoms with Crippen LogP contribution in [0.25, 0.3) is 0 Å². The lowest BCUT2D eigenvalue weighted by molar-refractivity contribution is -0.117. The minimum Gasteiger partial charge on any atom is -0.508 e. The van der Waals surface area contributed by atoms with Crippen LogP contribution < -0.4 is 11.1 Å². The maximum atomic E-state index is 12.0. The van der Waals surface area contributed by atoms with Gasteiger partial charge in [0.05, 0.1) is 17.4 Å². The number of anilines is 1. The number of aromatic nitrogens is 3. The minimum atomic E-state index is -0.736. The lowest BCUT2D eigenvalue weighted by Crippen LogP contribution is -2.38. The van der Waals surface area contributed by atoms with Gasteiger partial charge in [-0.2, -0.15) is 5.10 Å². The number of nitrogens with two attached hydrogens (primary N) is 1. The van der Waals surface area contributed by atoms with Crippen LogP contribution in [0.3, 0.4) is 0 Å². The standard InChI is InChI=1S/C14H17N5O2/c1-8-9(2)18-19-14(16-8)17-13(21)12(15)7-10-3-5-11(20)6-4-10/h3-6,12,20H,7,15H2,1-2H3,(H,16,17,19,21). The van der Waals surface area contributed by atoms with Crippen LogP contribution in [0.2, 0.25) is 0 Å². The van der Waals surface area contributed by atoms with Crippen LogP contribution in [0.1, 0.15) is 17.0 Å². The number of rotatable bonds is 4. The fraction of sp³-hybridized carbons (Fsp3) is 0.286. The third kappa shape index (κ3) is 3.96. The van der Waals surface area contributed by atoms with Crippen molar-refractivity contribution in [2.75, 3.05) is 5.32 Å². The number of hydrogen-bond donors (Lipinski definition) is 3. The monoisotopic (exact) mass is 287 g/mol. The van der Waals surface area contributed by atoms with Crippen LogP contribution >= 0.6 is 0 Å². The smallest absolute Gasteiger partial charge is 0.249 e. The van der Waals surface area contributed by atoms with Gasteiger partial charge in [-0.15, -0.1) is 5.10 Å². The van der Waals surface area contributed by atoms with Crippen molar-refractivity contribution in [1.29, 1.82) is 0 Å². The zero-order chi connectivity index (χ0) is 15.4. The molecule has 0 spiro atoms. The van der Waals surface area contributed by atoms with E-state index in [1.165, 1.54) is 0 Å². The largest absolute Gasteiger partial charge is 0.508 e. The van der Waals surface area contributed by atoms with Crippen molar-refractivity contribution in [1.82, 2.24) is 15.2 Å². The normalized spacial score (nSPS) is 12.0. The second kappa shape index (κ2) is 6.27. The summed E-state index contributed by atoms with van der Waals surface area (Å²) in [6.07, 6.45) is 0.352. The lowest BCUT2D eigenvalue weighted by atomic mass is 10.1. The van der Waals surface area contributed by atoms with Crippen LogP contribution in [0, 0.1) is 13.8 Å². The molecule has 2 aromatic rings. The molecule has 110 valence electrons. The first-order valence-electron chi connectivity index (χ1n) is 6.48. The lowest BCUT2D eigenvalue weighted by Gasteiger charge is -2.11. The first-order chi connectivity index (χ1) is 9.95. The number of phenolic OH excluding ortho intramolecular Hbond substituents is 1. The van der Waals surface area contributed by atoms with Gasteiger partial charge >= 0.3 is 0 Å². The molecule has 0 radical (unpaired) electrons. The summed E-state index contributed by atoms with van der Waals surface area (Å²) in [6, 6.07) is 5.81. The molecule has 4 N–H and O–H groups in total. The fourth-order valence-corrected chi connectivity index (χ4v) is 1.69. The highest BCUT2D eigenvalue weighted by Crippen LogP contribution is 2.11. The molecule has 0 fully saturated rings. The third-order valence-electron chi connectivity index (χ3n) is 3.06. The average molecular weight is 287 g/mol. The second-order valence-corrected chi connectivity index (χ2v) is 4.77. The summed E-state index contributed by atoms with van der Waals surface area (Å²) >= 11 is 0. The van der Waals surface area contributed by atoms with Crippen LogP contribution in [-0.4, -0.2) is 32.2 Å². The molecule has 0 aliphatic heterocycles. The zero-order valence-corrected chi connectivity index (χ0v) is 11.9. The number of phenols is 1. The Hall–Kier alpha value is -2.54. The van der Waals surface area contributed by atoms with Crippen LogP contribution in [-0.2, 0) is 11.2 Å². The molecule has 1 aromatic heterocycles. The van der Waals surface area contributed by atoms with Crippen molar-refractivity contribution in [3.05, 3.63) is 41.2 Å². The Morgan fingerprint density at radius 2 is 1.90 bits per heavy atom. The topological polar surface area (TPSA) is 114 Å². The highest BCUT2D eigenvalue weighted by molar-refractivity contribution is 5.93. The molecule has 1 amide bonds. The van der Waals surface area contributed by atoms with E-state index in [1.54, 1.807) is 38.1 Å². The van der Waals surface area contributed by atoms with Gasteiger partial charge in [0, 0.05) is 0 Å². The van der Waals surface area contributed by atoms with Crippen molar-refractivity contribution in [2.45, 2.75) is 26.3 Å². The van der Waals surface area contributed by atoms with Crippen molar-refractivity contribution in [2.24, 2.45) is 5.73 Å². The highest BCUT2D eigenvalue weighted by atomic mass is 16.3. The average Bonchev–Trinajstić information content (AvgIpc) is 2.45. The van der Waals surface area contributed by atoms with Crippen molar-refractivity contribution in [3.8, 4) is 5.75 Å². The van der Waals surface area contributed by atoms with E-state index in [0.29, 0.717) is 17.8 Å². The number of aromatic hydroxyl groups is 1. The molecule has 0 saturated heterocycles. The Balaban J connectivity index is 1.98. The molecule has 1 unspecified atom stereocenters. The van der Waals surface area contributed by atoms with Gasteiger partial charge in [0.25, 0.3) is 0 Å². The zero-order valence-electron chi connectivity index (χ0n) is 11.9. The Labute approximate surface area is 122 Å². The van der Waals surface area contributed by atoms with Crippen LogP contribution in [0.5, 0.6) is 5.75 Å². The Kier molecular flexibility index (Phi) is 4.44. The molecule has 1 aromatic carbocycles. The molecule has 21 heavy (non-hydrogen) atoms. The molecule has 1 atom stereocenters. The van der Waals surface area contributed by atoms with E-state index < -0.39 is 6.04 Å². The predicted octanol–water partition coefficient (Wildman–Crippen LogP) is 0.703. The molecular weight excluding hydrogens is 270 g/mol. The summed E-state index contributed by atoms with van der Waals surface area (Å²) in [5.74, 6) is -0.0660. The first kappa shape index (κ1) is 14.9. The number of amides is 1. The van der Waals surface area contributed by atoms with Gasteiger partial charge in [0.2, 0.25) is 11.9 Å². The highest BCUT2D eigenvalue weighted by Gasteiger charge is 2.16. The predicted molar refractivity (Wildman–Crippen MR) is 77.7 cm³/mol. The fourth-order valence-electron chi connectivity index (χ4n) is 1.69.